The lowest BCUT2D eigenvalue weighted by molar-refractivity contribution is -0.131. The Hall–Kier alpha value is -3.94. The van der Waals surface area contributed by atoms with Gasteiger partial charge in [-0.15, -0.1) is 0 Å². The van der Waals surface area contributed by atoms with Gasteiger partial charge in [0.15, 0.2) is 0 Å². The zero-order valence-corrected chi connectivity index (χ0v) is 18.7. The topological polar surface area (TPSA) is 121 Å². The Morgan fingerprint density at radius 3 is 2.44 bits per heavy atom. The predicted octanol–water partition coefficient (Wildman–Crippen LogP) is 1.64. The molecule has 0 bridgehead atoms. The molecule has 0 aliphatic carbocycles. The first kappa shape index (κ1) is 22.7. The molecule has 0 aliphatic heterocycles. The second-order valence-corrected chi connectivity index (χ2v) is 8.44. The maximum absolute atomic E-state index is 12.5. The van der Waals surface area contributed by atoms with Crippen molar-refractivity contribution in [2.45, 2.75) is 40.0 Å². The van der Waals surface area contributed by atoms with Crippen LogP contribution >= 0.6 is 0 Å². The summed E-state index contributed by atoms with van der Waals surface area (Å²) in [5.41, 5.74) is 2.09. The third-order valence-corrected chi connectivity index (χ3v) is 4.69. The molecule has 1 aromatic carbocycles. The number of aromatic nitrogens is 4. The molecule has 0 fully saturated rings. The minimum atomic E-state index is -0.423. The highest BCUT2D eigenvalue weighted by molar-refractivity contribution is 5.70. The Morgan fingerprint density at radius 1 is 1.09 bits per heavy atom. The lowest BCUT2D eigenvalue weighted by Gasteiger charge is -2.16. The molecule has 0 unspecified atom stereocenters. The largest absolute Gasteiger partial charge is 0.426 e. The van der Waals surface area contributed by atoms with E-state index < -0.39 is 11.1 Å². The fourth-order valence-electron chi connectivity index (χ4n) is 3.16. The van der Waals surface area contributed by atoms with Crippen LogP contribution in [0, 0.1) is 6.92 Å². The molecule has 0 radical (unpaired) electrons. The number of hydrogen-bond acceptors (Lipinski definition) is 5. The van der Waals surface area contributed by atoms with Crippen molar-refractivity contribution >= 4 is 24.2 Å². The standard InChI is InChI=1S/C24H26N4O4/c1-14-11-16(9-10-20(14)32-15(2)29)7-6-8-17-22(30)28-19(23(31)27-17)12-18-21(24(3,4)5)26-13-25-18/h6-13H,1-5H3,(H,25,26)(H,27,31)(H,28,30)/b7-6+,17-8-,19-12-. The van der Waals surface area contributed by atoms with Gasteiger partial charge in [0, 0.05) is 18.0 Å². The number of H-pyrrole nitrogens is 3. The van der Waals surface area contributed by atoms with E-state index in [1.807, 2.05) is 33.8 Å². The smallest absolute Gasteiger partial charge is 0.308 e. The van der Waals surface area contributed by atoms with Crippen LogP contribution in [0.4, 0.5) is 0 Å². The van der Waals surface area contributed by atoms with Crippen LogP contribution in [0.3, 0.4) is 0 Å². The highest BCUT2D eigenvalue weighted by Crippen LogP contribution is 2.23. The van der Waals surface area contributed by atoms with Crippen LogP contribution in [0.15, 0.2) is 40.2 Å². The molecule has 0 saturated heterocycles. The number of hydrogen-bond donors (Lipinski definition) is 3. The Bertz CT molecular complexity index is 1420. The van der Waals surface area contributed by atoms with E-state index in [0.717, 1.165) is 16.8 Å². The van der Waals surface area contributed by atoms with Gasteiger partial charge in [0.2, 0.25) is 0 Å². The summed E-state index contributed by atoms with van der Waals surface area (Å²) >= 11 is 0. The predicted molar refractivity (Wildman–Crippen MR) is 124 cm³/mol. The summed E-state index contributed by atoms with van der Waals surface area (Å²) in [6.07, 6.45) is 8.09. The van der Waals surface area contributed by atoms with Crippen LogP contribution in [-0.4, -0.2) is 25.9 Å². The lowest BCUT2D eigenvalue weighted by atomic mass is 9.90. The van der Waals surface area contributed by atoms with E-state index in [4.69, 9.17) is 4.74 Å². The van der Waals surface area contributed by atoms with Crippen molar-refractivity contribution in [3.8, 4) is 5.75 Å². The van der Waals surface area contributed by atoms with Crippen LogP contribution in [0.2, 0.25) is 0 Å². The van der Waals surface area contributed by atoms with E-state index in [1.54, 1.807) is 36.7 Å². The minimum Gasteiger partial charge on any atom is -0.426 e. The van der Waals surface area contributed by atoms with Gasteiger partial charge in [0.25, 0.3) is 11.1 Å². The fourth-order valence-corrected chi connectivity index (χ4v) is 3.16. The number of allylic oxidation sites excluding steroid dienone is 1. The molecule has 32 heavy (non-hydrogen) atoms. The van der Waals surface area contributed by atoms with E-state index in [-0.39, 0.29) is 22.1 Å². The molecule has 0 aliphatic rings. The summed E-state index contributed by atoms with van der Waals surface area (Å²) in [7, 11) is 0. The van der Waals surface area contributed by atoms with Crippen molar-refractivity contribution in [3.05, 3.63) is 84.5 Å². The van der Waals surface area contributed by atoms with E-state index in [0.29, 0.717) is 11.4 Å². The maximum atomic E-state index is 12.5. The van der Waals surface area contributed by atoms with Crippen LogP contribution in [0.5, 0.6) is 5.75 Å². The second kappa shape index (κ2) is 9.05. The SMILES string of the molecule is CC(=O)Oc1ccc(/C=C/C=c2\[nH]c(=O)/c(=C/c3nc[nH]c3C(C)(C)C)[nH]c2=O)cc1C. The van der Waals surface area contributed by atoms with Crippen molar-refractivity contribution in [2.75, 3.05) is 0 Å². The van der Waals surface area contributed by atoms with Crippen LogP contribution < -0.4 is 26.6 Å². The Kier molecular flexibility index (Phi) is 6.43. The lowest BCUT2D eigenvalue weighted by Crippen LogP contribution is -2.46. The maximum Gasteiger partial charge on any atom is 0.308 e. The van der Waals surface area contributed by atoms with Gasteiger partial charge in [-0.3, -0.25) is 14.4 Å². The number of aryl methyl sites for hydroxylation is 1. The van der Waals surface area contributed by atoms with Crippen LogP contribution in [0.1, 0.15) is 50.2 Å². The Balaban J connectivity index is 1.91. The highest BCUT2D eigenvalue weighted by atomic mass is 16.5. The first-order valence-electron chi connectivity index (χ1n) is 10.1. The molecule has 8 nitrogen and oxygen atoms in total. The zero-order chi connectivity index (χ0) is 23.5. The molecular weight excluding hydrogens is 408 g/mol. The number of rotatable bonds is 4. The van der Waals surface area contributed by atoms with Gasteiger partial charge in [-0.05, 0) is 42.3 Å². The summed E-state index contributed by atoms with van der Waals surface area (Å²) in [4.78, 5) is 48.6. The van der Waals surface area contributed by atoms with Gasteiger partial charge < -0.3 is 19.7 Å². The number of benzene rings is 1. The number of aromatic amines is 3. The van der Waals surface area contributed by atoms with E-state index in [9.17, 15) is 14.4 Å². The molecule has 2 aromatic heterocycles. The Labute approximate surface area is 184 Å². The highest BCUT2D eigenvalue weighted by Gasteiger charge is 2.19. The molecule has 166 valence electrons. The van der Waals surface area contributed by atoms with Crippen LogP contribution in [-0.2, 0) is 10.2 Å². The first-order valence-corrected chi connectivity index (χ1v) is 10.1. The molecule has 8 heteroatoms. The molecule has 0 spiro atoms. The fraction of sp³-hybridized carbons (Fsp3) is 0.250. The summed E-state index contributed by atoms with van der Waals surface area (Å²) < 4.78 is 5.11. The van der Waals surface area contributed by atoms with Gasteiger partial charge in [-0.1, -0.05) is 39.0 Å². The number of carbonyl (C=O) groups excluding carboxylic acids is 1. The van der Waals surface area contributed by atoms with E-state index in [2.05, 4.69) is 19.9 Å². The average molecular weight is 434 g/mol. The van der Waals surface area contributed by atoms with Gasteiger partial charge in [-0.2, -0.15) is 0 Å². The van der Waals surface area contributed by atoms with Gasteiger partial charge >= 0.3 is 5.97 Å². The Morgan fingerprint density at radius 2 is 1.78 bits per heavy atom. The number of nitrogens with zero attached hydrogens (tertiary/aromatic N) is 1. The summed E-state index contributed by atoms with van der Waals surface area (Å²) in [6.45, 7) is 9.27. The molecule has 3 aromatic rings. The van der Waals surface area contributed by atoms with Gasteiger partial charge in [0.1, 0.15) is 16.4 Å². The second-order valence-electron chi connectivity index (χ2n) is 8.44. The van der Waals surface area contributed by atoms with Crippen molar-refractivity contribution < 1.29 is 9.53 Å². The number of esters is 1. The van der Waals surface area contributed by atoms with Crippen molar-refractivity contribution in [1.29, 1.82) is 0 Å². The summed E-state index contributed by atoms with van der Waals surface area (Å²) in [6, 6.07) is 5.35. The van der Waals surface area contributed by atoms with E-state index >= 15 is 0 Å². The first-order chi connectivity index (χ1) is 15.0. The molecule has 3 rings (SSSR count). The molecular formula is C24H26N4O4. The minimum absolute atomic E-state index is 0.130. The molecule has 2 heterocycles. The van der Waals surface area contributed by atoms with Gasteiger partial charge in [-0.25, -0.2) is 4.98 Å². The average Bonchev–Trinajstić information content (AvgIpc) is 3.16. The number of imidazole rings is 1. The molecule has 0 saturated carbocycles. The zero-order valence-electron chi connectivity index (χ0n) is 18.7. The number of ether oxygens (including phenoxy) is 1. The number of nitrogens with one attached hydrogen (secondary N) is 3. The van der Waals surface area contributed by atoms with Crippen molar-refractivity contribution in [1.82, 2.24) is 19.9 Å². The molecule has 3 N–H and O–H groups in total. The van der Waals surface area contributed by atoms with Crippen molar-refractivity contribution in [2.24, 2.45) is 0 Å². The summed E-state index contributed by atoms with van der Waals surface area (Å²) in [5.74, 6) is 0.119. The third-order valence-electron chi connectivity index (χ3n) is 4.69. The van der Waals surface area contributed by atoms with Gasteiger partial charge in [0.05, 0.1) is 12.0 Å². The van der Waals surface area contributed by atoms with Crippen molar-refractivity contribution in [3.63, 3.8) is 0 Å². The van der Waals surface area contributed by atoms with E-state index in [1.165, 1.54) is 13.0 Å². The quantitative estimate of drug-likeness (QED) is 0.426. The third kappa shape index (κ3) is 5.40. The monoisotopic (exact) mass is 434 g/mol. The van der Waals surface area contributed by atoms with Crippen LogP contribution in [0.25, 0.3) is 18.2 Å². The number of carbonyl (C=O) groups is 1. The normalized spacial score (nSPS) is 13.2. The molecule has 0 amide bonds. The molecule has 0 atom stereocenters. The summed E-state index contributed by atoms with van der Waals surface area (Å²) in [5, 5.41) is 0.264.